The third-order valence-corrected chi connectivity index (χ3v) is 6.49. The molecule has 0 saturated carbocycles. The monoisotopic (exact) mass is 479 g/mol. The molecule has 0 radical (unpaired) electrons. The lowest BCUT2D eigenvalue weighted by Gasteiger charge is -2.12. The summed E-state index contributed by atoms with van der Waals surface area (Å²) in [6, 6.07) is 17.0. The smallest absolute Gasteiger partial charge is 0.261 e. The Morgan fingerprint density at radius 3 is 2.53 bits per heavy atom. The van der Waals surface area contributed by atoms with Gasteiger partial charge >= 0.3 is 0 Å². The van der Waals surface area contributed by atoms with Crippen molar-refractivity contribution in [2.45, 2.75) is 24.9 Å². The molecule has 0 aliphatic rings. The number of halogens is 1. The highest BCUT2D eigenvalue weighted by molar-refractivity contribution is 7.92. The molecule has 0 fully saturated rings. The minimum atomic E-state index is -3.96. The molecule has 0 spiro atoms. The Morgan fingerprint density at radius 2 is 1.79 bits per heavy atom. The summed E-state index contributed by atoms with van der Waals surface area (Å²) in [5, 5.41) is 6.93. The van der Waals surface area contributed by atoms with Crippen molar-refractivity contribution in [2.24, 2.45) is 0 Å². The highest BCUT2D eigenvalue weighted by atomic mass is 32.2. The zero-order valence-electron chi connectivity index (χ0n) is 18.3. The molecule has 1 heterocycles. The van der Waals surface area contributed by atoms with Crippen molar-refractivity contribution >= 4 is 21.6 Å². The van der Waals surface area contributed by atoms with E-state index in [2.05, 4.69) is 20.1 Å². The second kappa shape index (κ2) is 9.84. The highest BCUT2D eigenvalue weighted by Gasteiger charge is 2.18. The second-order valence-electron chi connectivity index (χ2n) is 7.68. The van der Waals surface area contributed by atoms with Gasteiger partial charge in [0, 0.05) is 17.8 Å². The molecule has 1 amide bonds. The number of benzene rings is 3. The number of sulfonamides is 1. The van der Waals surface area contributed by atoms with E-state index in [0.29, 0.717) is 12.1 Å². The van der Waals surface area contributed by atoms with Crippen LogP contribution in [0.4, 0.5) is 10.1 Å². The molecular weight excluding hydrogens is 457 g/mol. The molecule has 0 unspecified atom stereocenters. The first-order valence-corrected chi connectivity index (χ1v) is 11.9. The van der Waals surface area contributed by atoms with Crippen molar-refractivity contribution < 1.29 is 17.6 Å². The molecule has 4 aromatic rings. The van der Waals surface area contributed by atoms with Crippen LogP contribution in [0.5, 0.6) is 0 Å². The molecule has 0 aliphatic carbocycles. The van der Waals surface area contributed by atoms with Crippen molar-refractivity contribution in [1.29, 1.82) is 0 Å². The quantitative estimate of drug-likeness (QED) is 0.402. The molecular formula is C24H22FN5O3S. The van der Waals surface area contributed by atoms with Gasteiger partial charge < -0.3 is 5.32 Å². The molecule has 0 bridgehead atoms. The van der Waals surface area contributed by atoms with Crippen LogP contribution in [0.3, 0.4) is 0 Å². The van der Waals surface area contributed by atoms with E-state index in [1.165, 1.54) is 30.6 Å². The van der Waals surface area contributed by atoms with Gasteiger partial charge in [0.25, 0.3) is 15.9 Å². The lowest BCUT2D eigenvalue weighted by molar-refractivity contribution is 0.0950. The first-order chi connectivity index (χ1) is 16.3. The molecule has 0 aliphatic heterocycles. The molecule has 1 aromatic heterocycles. The summed E-state index contributed by atoms with van der Waals surface area (Å²) < 4.78 is 42.7. The summed E-state index contributed by atoms with van der Waals surface area (Å²) in [7, 11) is -3.96. The Hall–Kier alpha value is -4.05. The Labute approximate surface area is 196 Å². The van der Waals surface area contributed by atoms with Gasteiger partial charge in [-0.05, 0) is 60.0 Å². The minimum Gasteiger partial charge on any atom is -0.348 e. The number of nitrogens with one attached hydrogen (secondary N) is 2. The van der Waals surface area contributed by atoms with Gasteiger partial charge in [0.05, 0.1) is 11.4 Å². The summed E-state index contributed by atoms with van der Waals surface area (Å²) in [5.74, 6) is -0.862. The molecule has 8 nitrogen and oxygen atoms in total. The number of hydrogen-bond acceptors (Lipinski definition) is 5. The molecule has 34 heavy (non-hydrogen) atoms. The van der Waals surface area contributed by atoms with Crippen LogP contribution < -0.4 is 10.0 Å². The third-order valence-electron chi connectivity index (χ3n) is 5.12. The van der Waals surface area contributed by atoms with Gasteiger partial charge in [-0.1, -0.05) is 30.3 Å². The minimum absolute atomic E-state index is 0.0672. The summed E-state index contributed by atoms with van der Waals surface area (Å²) in [6.07, 6.45) is 3.10. The molecule has 3 aromatic carbocycles. The van der Waals surface area contributed by atoms with Crippen LogP contribution in [0.1, 0.15) is 27.0 Å². The fourth-order valence-corrected chi connectivity index (χ4v) is 4.45. The number of amides is 1. The highest BCUT2D eigenvalue weighted by Crippen LogP contribution is 2.20. The third kappa shape index (κ3) is 5.65. The van der Waals surface area contributed by atoms with E-state index in [9.17, 15) is 17.6 Å². The van der Waals surface area contributed by atoms with E-state index in [-0.39, 0.29) is 22.7 Å². The number of aromatic nitrogens is 3. The molecule has 0 atom stereocenters. The average Bonchev–Trinajstić information content (AvgIpc) is 3.32. The van der Waals surface area contributed by atoms with Crippen LogP contribution in [0.2, 0.25) is 0 Å². The van der Waals surface area contributed by atoms with Gasteiger partial charge in [0.15, 0.2) is 0 Å². The standard InChI is InChI=1S/C24H22FN5O3S/c1-17-5-10-22(34(32,33)29-21-8-6-20(25)7-9-21)12-23(17)24(31)27-13-18-3-2-4-19(11-18)14-30-16-26-15-28-30/h2-12,15-16,29H,13-14H2,1H3,(H,27,31). The maximum atomic E-state index is 13.1. The van der Waals surface area contributed by atoms with E-state index < -0.39 is 21.7 Å². The van der Waals surface area contributed by atoms with E-state index in [0.717, 1.165) is 23.3 Å². The van der Waals surface area contributed by atoms with Crippen LogP contribution >= 0.6 is 0 Å². The zero-order chi connectivity index (χ0) is 24.1. The van der Waals surface area contributed by atoms with Crippen molar-refractivity contribution in [3.8, 4) is 0 Å². The van der Waals surface area contributed by atoms with E-state index in [1.54, 1.807) is 24.0 Å². The number of anilines is 1. The topological polar surface area (TPSA) is 106 Å². The molecule has 4 rings (SSSR count). The lowest BCUT2D eigenvalue weighted by atomic mass is 10.1. The van der Waals surface area contributed by atoms with E-state index >= 15 is 0 Å². The van der Waals surface area contributed by atoms with Gasteiger partial charge in [-0.3, -0.25) is 9.52 Å². The van der Waals surface area contributed by atoms with Crippen molar-refractivity contribution in [1.82, 2.24) is 20.1 Å². The molecule has 10 heteroatoms. The van der Waals surface area contributed by atoms with Crippen molar-refractivity contribution in [2.75, 3.05) is 4.72 Å². The predicted molar refractivity (Wildman–Crippen MR) is 125 cm³/mol. The zero-order valence-corrected chi connectivity index (χ0v) is 19.1. The SMILES string of the molecule is Cc1ccc(S(=O)(=O)Nc2ccc(F)cc2)cc1C(=O)NCc1cccc(Cn2cncn2)c1. The van der Waals surface area contributed by atoms with Gasteiger partial charge in [-0.25, -0.2) is 22.5 Å². The predicted octanol–water partition coefficient (Wildman–Crippen LogP) is 3.50. The summed E-state index contributed by atoms with van der Waals surface area (Å²) in [4.78, 5) is 16.7. The maximum Gasteiger partial charge on any atom is 0.261 e. The first-order valence-electron chi connectivity index (χ1n) is 10.4. The Balaban J connectivity index is 1.46. The van der Waals surface area contributed by atoms with Crippen LogP contribution in [0.25, 0.3) is 0 Å². The Bertz CT molecular complexity index is 1410. The molecule has 0 saturated heterocycles. The van der Waals surface area contributed by atoms with Crippen LogP contribution in [-0.2, 0) is 23.1 Å². The number of nitrogens with zero attached hydrogens (tertiary/aromatic N) is 3. The summed E-state index contributed by atoms with van der Waals surface area (Å²) >= 11 is 0. The lowest BCUT2D eigenvalue weighted by Crippen LogP contribution is -2.24. The summed E-state index contributed by atoms with van der Waals surface area (Å²) in [5.41, 5.74) is 3.01. The van der Waals surface area contributed by atoms with Gasteiger partial charge in [-0.2, -0.15) is 5.10 Å². The Morgan fingerprint density at radius 1 is 1.03 bits per heavy atom. The summed E-state index contributed by atoms with van der Waals surface area (Å²) in [6.45, 7) is 2.56. The number of carbonyl (C=O) groups is 1. The van der Waals surface area contributed by atoms with Crippen LogP contribution in [-0.4, -0.2) is 29.1 Å². The number of rotatable bonds is 8. The van der Waals surface area contributed by atoms with Gasteiger partial charge in [0.2, 0.25) is 0 Å². The van der Waals surface area contributed by atoms with Crippen molar-refractivity contribution in [3.05, 3.63) is 107 Å². The largest absolute Gasteiger partial charge is 0.348 e. The van der Waals surface area contributed by atoms with Crippen molar-refractivity contribution in [3.63, 3.8) is 0 Å². The maximum absolute atomic E-state index is 13.1. The normalized spacial score (nSPS) is 11.2. The number of carbonyl (C=O) groups excluding carboxylic acids is 1. The van der Waals surface area contributed by atoms with Gasteiger partial charge in [-0.15, -0.1) is 0 Å². The fourth-order valence-electron chi connectivity index (χ4n) is 3.36. The molecule has 2 N–H and O–H groups in total. The Kier molecular flexibility index (Phi) is 6.69. The van der Waals surface area contributed by atoms with Crippen LogP contribution in [0.15, 0.2) is 84.3 Å². The van der Waals surface area contributed by atoms with Crippen LogP contribution in [0, 0.1) is 12.7 Å². The van der Waals surface area contributed by atoms with E-state index in [4.69, 9.17) is 0 Å². The number of hydrogen-bond donors (Lipinski definition) is 2. The second-order valence-corrected chi connectivity index (χ2v) is 9.37. The van der Waals surface area contributed by atoms with Gasteiger partial charge in [0.1, 0.15) is 18.5 Å². The van der Waals surface area contributed by atoms with E-state index in [1.807, 2.05) is 24.3 Å². The first kappa shape index (κ1) is 23.1. The molecule has 174 valence electrons. The average molecular weight is 480 g/mol. The number of aryl methyl sites for hydroxylation is 1. The fraction of sp³-hybridized carbons (Fsp3) is 0.125.